The number of benzene rings is 1. The highest BCUT2D eigenvalue weighted by molar-refractivity contribution is 7.99. The van der Waals surface area contributed by atoms with Gasteiger partial charge in [0.15, 0.2) is 5.16 Å². The zero-order valence-electron chi connectivity index (χ0n) is 10.2. The molecule has 0 aliphatic rings. The van der Waals surface area contributed by atoms with E-state index in [1.165, 1.54) is 29.4 Å². The lowest BCUT2D eigenvalue weighted by atomic mass is 10.3. The monoisotopic (exact) mass is 302 g/mol. The number of rotatable bonds is 4. The SMILES string of the molecule is O=C(Nc1ccc(Sc2ncn[nH]2)cc1)c1cccs1. The zero-order valence-corrected chi connectivity index (χ0v) is 11.9. The van der Waals surface area contributed by atoms with Crippen LogP contribution in [-0.2, 0) is 0 Å². The molecule has 7 heteroatoms. The van der Waals surface area contributed by atoms with Gasteiger partial charge in [-0.3, -0.25) is 9.89 Å². The second-order valence-corrected chi connectivity index (χ2v) is 5.86. The molecule has 1 aromatic carbocycles. The summed E-state index contributed by atoms with van der Waals surface area (Å²) >= 11 is 2.90. The van der Waals surface area contributed by atoms with E-state index >= 15 is 0 Å². The number of thiophene rings is 1. The number of nitrogens with one attached hydrogen (secondary N) is 2. The highest BCUT2D eigenvalue weighted by Crippen LogP contribution is 2.25. The maximum Gasteiger partial charge on any atom is 0.265 e. The summed E-state index contributed by atoms with van der Waals surface area (Å²) in [6, 6.07) is 11.2. The predicted molar refractivity (Wildman–Crippen MR) is 79.2 cm³/mol. The van der Waals surface area contributed by atoms with Crippen molar-refractivity contribution in [3.05, 3.63) is 53.0 Å². The summed E-state index contributed by atoms with van der Waals surface area (Å²) in [4.78, 5) is 17.7. The Morgan fingerprint density at radius 2 is 2.10 bits per heavy atom. The molecular weight excluding hydrogens is 292 g/mol. The molecule has 1 amide bonds. The van der Waals surface area contributed by atoms with Crippen molar-refractivity contribution in [1.82, 2.24) is 15.2 Å². The first-order valence-corrected chi connectivity index (χ1v) is 7.49. The Balaban J connectivity index is 1.65. The lowest BCUT2D eigenvalue weighted by molar-refractivity contribution is 0.103. The van der Waals surface area contributed by atoms with Gasteiger partial charge in [-0.1, -0.05) is 17.8 Å². The maximum atomic E-state index is 11.9. The summed E-state index contributed by atoms with van der Waals surface area (Å²) in [5.41, 5.74) is 0.769. The number of carbonyl (C=O) groups excluding carboxylic acids is 1. The van der Waals surface area contributed by atoms with E-state index in [1.54, 1.807) is 6.07 Å². The number of hydrogen-bond donors (Lipinski definition) is 2. The number of aromatic nitrogens is 3. The first kappa shape index (κ1) is 12.9. The van der Waals surface area contributed by atoms with Crippen LogP contribution < -0.4 is 5.32 Å². The molecule has 0 aliphatic carbocycles. The predicted octanol–water partition coefficient (Wildman–Crippen LogP) is 3.27. The van der Waals surface area contributed by atoms with Crippen LogP contribution in [0.3, 0.4) is 0 Å². The van der Waals surface area contributed by atoms with E-state index in [9.17, 15) is 4.79 Å². The van der Waals surface area contributed by atoms with Gasteiger partial charge in [-0.15, -0.1) is 11.3 Å². The minimum Gasteiger partial charge on any atom is -0.321 e. The molecule has 0 spiro atoms. The Morgan fingerprint density at radius 1 is 1.25 bits per heavy atom. The quantitative estimate of drug-likeness (QED) is 0.776. The largest absolute Gasteiger partial charge is 0.321 e. The van der Waals surface area contributed by atoms with E-state index in [0.29, 0.717) is 4.88 Å². The Labute approximate surface area is 123 Å². The van der Waals surface area contributed by atoms with Crippen molar-refractivity contribution < 1.29 is 4.79 Å². The number of carbonyl (C=O) groups is 1. The molecule has 2 aromatic heterocycles. The Morgan fingerprint density at radius 3 is 2.75 bits per heavy atom. The fourth-order valence-corrected chi connectivity index (χ4v) is 2.87. The second kappa shape index (κ2) is 5.89. The standard InChI is InChI=1S/C13H10N4OS2/c18-12(11-2-1-7-19-11)16-9-3-5-10(6-4-9)20-13-14-8-15-17-13/h1-8H,(H,16,18)(H,14,15,17). The molecule has 5 nitrogen and oxygen atoms in total. The summed E-state index contributed by atoms with van der Waals surface area (Å²) in [6.45, 7) is 0. The normalized spacial score (nSPS) is 10.4. The van der Waals surface area contributed by atoms with Gasteiger partial charge in [0, 0.05) is 10.6 Å². The van der Waals surface area contributed by atoms with E-state index in [4.69, 9.17) is 0 Å². The van der Waals surface area contributed by atoms with Crippen LogP contribution in [-0.4, -0.2) is 21.1 Å². The van der Waals surface area contributed by atoms with Gasteiger partial charge in [0.2, 0.25) is 0 Å². The van der Waals surface area contributed by atoms with Crippen molar-refractivity contribution in [2.45, 2.75) is 10.1 Å². The van der Waals surface area contributed by atoms with E-state index in [-0.39, 0.29) is 5.91 Å². The number of aromatic amines is 1. The van der Waals surface area contributed by atoms with Crippen LogP contribution in [0.25, 0.3) is 0 Å². The molecule has 0 fully saturated rings. The van der Waals surface area contributed by atoms with Gasteiger partial charge < -0.3 is 5.32 Å². The van der Waals surface area contributed by atoms with Crippen molar-refractivity contribution in [1.29, 1.82) is 0 Å². The lowest BCUT2D eigenvalue weighted by Crippen LogP contribution is -2.09. The van der Waals surface area contributed by atoms with Crippen molar-refractivity contribution in [3.8, 4) is 0 Å². The van der Waals surface area contributed by atoms with Crippen LogP contribution in [0.5, 0.6) is 0 Å². The Hall–Kier alpha value is -2.12. The van der Waals surface area contributed by atoms with Gasteiger partial charge >= 0.3 is 0 Å². The van der Waals surface area contributed by atoms with Gasteiger partial charge in [-0.25, -0.2) is 4.98 Å². The van der Waals surface area contributed by atoms with Gasteiger partial charge in [0.1, 0.15) is 6.33 Å². The summed E-state index contributed by atoms with van der Waals surface area (Å²) in [7, 11) is 0. The van der Waals surface area contributed by atoms with Crippen LogP contribution in [0.4, 0.5) is 5.69 Å². The molecule has 20 heavy (non-hydrogen) atoms. The third kappa shape index (κ3) is 3.06. The molecule has 0 radical (unpaired) electrons. The van der Waals surface area contributed by atoms with Crippen molar-refractivity contribution in [2.75, 3.05) is 5.32 Å². The van der Waals surface area contributed by atoms with E-state index in [1.807, 2.05) is 35.7 Å². The Kier molecular flexibility index (Phi) is 3.80. The van der Waals surface area contributed by atoms with Gasteiger partial charge in [-0.2, -0.15) is 5.10 Å². The fraction of sp³-hybridized carbons (Fsp3) is 0. The molecule has 2 heterocycles. The first-order valence-electron chi connectivity index (χ1n) is 5.79. The minimum atomic E-state index is -0.0874. The summed E-state index contributed by atoms with van der Waals surface area (Å²) in [5, 5.41) is 12.0. The number of anilines is 1. The van der Waals surface area contributed by atoms with E-state index < -0.39 is 0 Å². The fourth-order valence-electron chi connectivity index (χ4n) is 1.56. The molecule has 0 unspecified atom stereocenters. The maximum absolute atomic E-state index is 11.9. The molecule has 3 aromatic rings. The average Bonchev–Trinajstić information content (AvgIpc) is 3.13. The molecule has 3 rings (SSSR count). The van der Waals surface area contributed by atoms with Crippen molar-refractivity contribution >= 4 is 34.7 Å². The highest BCUT2D eigenvalue weighted by Gasteiger charge is 2.07. The van der Waals surface area contributed by atoms with Crippen LogP contribution in [0.15, 0.2) is 58.2 Å². The molecule has 0 bridgehead atoms. The number of hydrogen-bond acceptors (Lipinski definition) is 5. The molecule has 0 saturated heterocycles. The molecular formula is C13H10N4OS2. The number of nitrogens with zero attached hydrogens (tertiary/aromatic N) is 2. The van der Waals surface area contributed by atoms with E-state index in [0.717, 1.165) is 15.7 Å². The van der Waals surface area contributed by atoms with Crippen molar-refractivity contribution in [2.24, 2.45) is 0 Å². The molecule has 100 valence electrons. The van der Waals surface area contributed by atoms with Crippen LogP contribution >= 0.6 is 23.1 Å². The summed E-state index contributed by atoms with van der Waals surface area (Å²) < 4.78 is 0. The van der Waals surface area contributed by atoms with Gasteiger partial charge in [-0.05, 0) is 35.7 Å². The molecule has 0 aliphatic heterocycles. The van der Waals surface area contributed by atoms with Crippen LogP contribution in [0.1, 0.15) is 9.67 Å². The van der Waals surface area contributed by atoms with Gasteiger partial charge in [0.25, 0.3) is 5.91 Å². The van der Waals surface area contributed by atoms with Crippen LogP contribution in [0, 0.1) is 0 Å². The van der Waals surface area contributed by atoms with Crippen molar-refractivity contribution in [3.63, 3.8) is 0 Å². The lowest BCUT2D eigenvalue weighted by Gasteiger charge is -2.04. The molecule has 2 N–H and O–H groups in total. The highest BCUT2D eigenvalue weighted by atomic mass is 32.2. The average molecular weight is 302 g/mol. The smallest absolute Gasteiger partial charge is 0.265 e. The summed E-state index contributed by atoms with van der Waals surface area (Å²) in [5.74, 6) is -0.0874. The molecule has 0 saturated carbocycles. The van der Waals surface area contributed by atoms with E-state index in [2.05, 4.69) is 20.5 Å². The zero-order chi connectivity index (χ0) is 13.8. The third-order valence-corrected chi connectivity index (χ3v) is 4.23. The minimum absolute atomic E-state index is 0.0874. The first-order chi connectivity index (χ1) is 9.81. The number of H-pyrrole nitrogens is 1. The summed E-state index contributed by atoms with van der Waals surface area (Å²) in [6.07, 6.45) is 1.47. The van der Waals surface area contributed by atoms with Gasteiger partial charge in [0.05, 0.1) is 4.88 Å². The second-order valence-electron chi connectivity index (χ2n) is 3.85. The third-order valence-electron chi connectivity index (χ3n) is 2.46. The number of amides is 1. The van der Waals surface area contributed by atoms with Crippen LogP contribution in [0.2, 0.25) is 0 Å². The topological polar surface area (TPSA) is 70.7 Å². The Bertz CT molecular complexity index is 678. The molecule has 0 atom stereocenters.